The Morgan fingerprint density at radius 2 is 2.29 bits per heavy atom. The van der Waals surface area contributed by atoms with E-state index in [4.69, 9.17) is 5.73 Å². The Kier molecular flexibility index (Phi) is 1.63. The van der Waals surface area contributed by atoms with Crippen molar-refractivity contribution < 1.29 is 4.92 Å². The van der Waals surface area contributed by atoms with Gasteiger partial charge in [-0.05, 0) is 12.5 Å². The number of aromatic amines is 1. The number of nitro groups is 1. The van der Waals surface area contributed by atoms with Gasteiger partial charge in [0.1, 0.15) is 0 Å². The Labute approximate surface area is 78.9 Å². The molecule has 2 aromatic rings. The molecule has 0 radical (unpaired) electrons. The molecule has 6 heteroatoms. The van der Waals surface area contributed by atoms with Crippen LogP contribution in [0.25, 0.3) is 10.9 Å². The fraction of sp³-hybridized carbons (Fsp3) is 0.125. The van der Waals surface area contributed by atoms with Crippen LogP contribution in [0.5, 0.6) is 0 Å². The van der Waals surface area contributed by atoms with Crippen LogP contribution in [-0.4, -0.2) is 15.1 Å². The van der Waals surface area contributed by atoms with Gasteiger partial charge >= 0.3 is 0 Å². The number of hydrogen-bond donors (Lipinski definition) is 2. The van der Waals surface area contributed by atoms with E-state index < -0.39 is 4.92 Å². The predicted octanol–water partition coefficient (Wildman–Crippen LogP) is 1.36. The lowest BCUT2D eigenvalue weighted by Gasteiger charge is -1.96. The van der Waals surface area contributed by atoms with Crippen molar-refractivity contribution in [2.24, 2.45) is 0 Å². The number of nitrogen functional groups attached to an aromatic ring is 1. The molecule has 3 N–H and O–H groups in total. The van der Waals surface area contributed by atoms with Crippen molar-refractivity contribution in [2.75, 3.05) is 5.73 Å². The number of H-pyrrole nitrogens is 1. The number of aromatic nitrogens is 2. The fourth-order valence-electron chi connectivity index (χ4n) is 1.48. The lowest BCUT2D eigenvalue weighted by Crippen LogP contribution is -1.90. The summed E-state index contributed by atoms with van der Waals surface area (Å²) < 4.78 is 0. The molecular weight excluding hydrogens is 184 g/mol. The van der Waals surface area contributed by atoms with Crippen LogP contribution in [0.3, 0.4) is 0 Å². The summed E-state index contributed by atoms with van der Waals surface area (Å²) in [5, 5.41) is 17.7. The van der Waals surface area contributed by atoms with Gasteiger partial charge in [-0.25, -0.2) is 0 Å². The molecule has 0 unspecified atom stereocenters. The van der Waals surface area contributed by atoms with Gasteiger partial charge in [0.15, 0.2) is 5.82 Å². The van der Waals surface area contributed by atoms with Crippen molar-refractivity contribution in [3.8, 4) is 0 Å². The molecule has 1 heterocycles. The average molecular weight is 192 g/mol. The number of aryl methyl sites for hydroxylation is 1. The van der Waals surface area contributed by atoms with Crippen LogP contribution >= 0.6 is 0 Å². The van der Waals surface area contributed by atoms with Crippen LogP contribution in [0.1, 0.15) is 5.56 Å². The quantitative estimate of drug-likeness (QED) is 0.526. The van der Waals surface area contributed by atoms with Gasteiger partial charge in [-0.15, -0.1) is 0 Å². The number of nitro benzene ring substituents is 1. The monoisotopic (exact) mass is 192 g/mol. The van der Waals surface area contributed by atoms with Gasteiger partial charge in [0.2, 0.25) is 0 Å². The van der Waals surface area contributed by atoms with Crippen LogP contribution in [-0.2, 0) is 0 Å². The van der Waals surface area contributed by atoms with Gasteiger partial charge in [-0.3, -0.25) is 15.2 Å². The molecular formula is C8H8N4O2. The Balaban J connectivity index is 2.80. The van der Waals surface area contributed by atoms with Crippen molar-refractivity contribution in [1.29, 1.82) is 0 Å². The number of anilines is 1. The van der Waals surface area contributed by atoms with E-state index in [1.54, 1.807) is 6.92 Å². The first-order chi connectivity index (χ1) is 6.59. The molecule has 0 fully saturated rings. The zero-order chi connectivity index (χ0) is 10.3. The summed E-state index contributed by atoms with van der Waals surface area (Å²) in [7, 11) is 0. The predicted molar refractivity (Wildman–Crippen MR) is 51.9 cm³/mol. The van der Waals surface area contributed by atoms with Gasteiger partial charge in [0, 0.05) is 17.5 Å². The molecule has 1 aromatic heterocycles. The molecule has 0 bridgehead atoms. The van der Waals surface area contributed by atoms with Crippen LogP contribution in [0.2, 0.25) is 0 Å². The van der Waals surface area contributed by atoms with Crippen molar-refractivity contribution in [1.82, 2.24) is 10.2 Å². The minimum atomic E-state index is -0.441. The highest BCUT2D eigenvalue weighted by atomic mass is 16.6. The number of nitrogens with two attached hydrogens (primary N) is 1. The van der Waals surface area contributed by atoms with Crippen LogP contribution in [0, 0.1) is 17.0 Å². The first-order valence-corrected chi connectivity index (χ1v) is 3.98. The van der Waals surface area contributed by atoms with Crippen LogP contribution in [0.4, 0.5) is 11.5 Å². The van der Waals surface area contributed by atoms with E-state index >= 15 is 0 Å². The number of nitrogens with one attached hydrogen (secondary N) is 1. The van der Waals surface area contributed by atoms with Gasteiger partial charge in [0.05, 0.1) is 10.4 Å². The molecule has 2 rings (SSSR count). The van der Waals surface area contributed by atoms with E-state index in [1.165, 1.54) is 12.1 Å². The second kappa shape index (κ2) is 2.69. The Morgan fingerprint density at radius 1 is 1.57 bits per heavy atom. The summed E-state index contributed by atoms with van der Waals surface area (Å²) in [6.45, 7) is 1.77. The molecule has 0 spiro atoms. The van der Waals surface area contributed by atoms with Crippen molar-refractivity contribution >= 4 is 22.4 Å². The molecule has 0 saturated heterocycles. The number of benzene rings is 1. The lowest BCUT2D eigenvalue weighted by atomic mass is 10.1. The molecule has 1 aromatic carbocycles. The van der Waals surface area contributed by atoms with Crippen LogP contribution < -0.4 is 5.73 Å². The van der Waals surface area contributed by atoms with Gasteiger partial charge in [0.25, 0.3) is 5.69 Å². The first-order valence-electron chi connectivity index (χ1n) is 3.98. The Morgan fingerprint density at radius 3 is 2.93 bits per heavy atom. The zero-order valence-corrected chi connectivity index (χ0v) is 7.44. The summed E-state index contributed by atoms with van der Waals surface area (Å²) in [6.07, 6.45) is 0. The summed E-state index contributed by atoms with van der Waals surface area (Å²) in [6, 6.07) is 2.90. The molecule has 0 aliphatic carbocycles. The molecule has 72 valence electrons. The van der Waals surface area contributed by atoms with Crippen molar-refractivity contribution in [3.05, 3.63) is 27.8 Å². The van der Waals surface area contributed by atoms with E-state index in [2.05, 4.69) is 10.2 Å². The van der Waals surface area contributed by atoms with Gasteiger partial charge < -0.3 is 5.73 Å². The third-order valence-electron chi connectivity index (χ3n) is 2.08. The molecule has 0 saturated carbocycles. The van der Waals surface area contributed by atoms with Gasteiger partial charge in [-0.1, -0.05) is 0 Å². The van der Waals surface area contributed by atoms with Crippen LogP contribution in [0.15, 0.2) is 12.1 Å². The average Bonchev–Trinajstić information content (AvgIpc) is 2.48. The molecule has 0 aliphatic heterocycles. The Bertz CT molecular complexity index is 517. The molecule has 0 aliphatic rings. The van der Waals surface area contributed by atoms with Crippen molar-refractivity contribution in [2.45, 2.75) is 6.92 Å². The maximum absolute atomic E-state index is 10.5. The highest BCUT2D eigenvalue weighted by molar-refractivity contribution is 5.93. The van der Waals surface area contributed by atoms with Gasteiger partial charge in [-0.2, -0.15) is 5.10 Å². The third-order valence-corrected chi connectivity index (χ3v) is 2.08. The highest BCUT2D eigenvalue weighted by Crippen LogP contribution is 2.26. The standard InChI is InChI=1S/C8H8N4O2/c1-4-2-5(12(13)14)3-6-7(4)8(9)11-10-6/h2-3H,1H3,(H3,9,10,11). The minimum Gasteiger partial charge on any atom is -0.382 e. The van der Waals surface area contributed by atoms with E-state index in [1.807, 2.05) is 0 Å². The van der Waals surface area contributed by atoms with E-state index in [9.17, 15) is 10.1 Å². The number of hydrogen-bond acceptors (Lipinski definition) is 4. The first kappa shape index (κ1) is 8.49. The smallest absolute Gasteiger partial charge is 0.271 e. The lowest BCUT2D eigenvalue weighted by molar-refractivity contribution is -0.384. The third kappa shape index (κ3) is 1.08. The fourth-order valence-corrected chi connectivity index (χ4v) is 1.48. The maximum atomic E-state index is 10.5. The number of nitrogens with zero attached hydrogens (tertiary/aromatic N) is 2. The molecule has 0 atom stereocenters. The number of fused-ring (bicyclic) bond motifs is 1. The highest BCUT2D eigenvalue weighted by Gasteiger charge is 2.12. The minimum absolute atomic E-state index is 0.0404. The maximum Gasteiger partial charge on any atom is 0.271 e. The summed E-state index contributed by atoms with van der Waals surface area (Å²) >= 11 is 0. The normalized spacial score (nSPS) is 10.6. The number of rotatable bonds is 1. The number of non-ortho nitro benzene ring substituents is 1. The largest absolute Gasteiger partial charge is 0.382 e. The SMILES string of the molecule is Cc1cc([N+](=O)[O-])cc2[nH]nc(N)c12. The zero-order valence-electron chi connectivity index (χ0n) is 7.44. The molecule has 0 amide bonds. The second-order valence-electron chi connectivity index (χ2n) is 3.05. The second-order valence-corrected chi connectivity index (χ2v) is 3.05. The van der Waals surface area contributed by atoms with E-state index in [-0.39, 0.29) is 5.69 Å². The van der Waals surface area contributed by atoms with Crippen molar-refractivity contribution in [3.63, 3.8) is 0 Å². The Hall–Kier alpha value is -2.11. The summed E-state index contributed by atoms with van der Waals surface area (Å²) in [5.74, 6) is 0.368. The van der Waals surface area contributed by atoms with E-state index in [0.29, 0.717) is 11.3 Å². The molecule has 6 nitrogen and oxygen atoms in total. The summed E-state index contributed by atoms with van der Waals surface area (Å²) in [4.78, 5) is 10.1. The topological polar surface area (TPSA) is 97.8 Å². The van der Waals surface area contributed by atoms with E-state index in [0.717, 1.165) is 10.9 Å². The molecule has 14 heavy (non-hydrogen) atoms. The summed E-state index contributed by atoms with van der Waals surface area (Å²) in [5.41, 5.74) is 6.97.